The molecule has 0 aliphatic carbocycles. The van der Waals surface area contributed by atoms with Gasteiger partial charge in [0, 0.05) is 56.6 Å². The summed E-state index contributed by atoms with van der Waals surface area (Å²) in [5.74, 6) is 1.57. The van der Waals surface area contributed by atoms with Crippen molar-refractivity contribution in [1.82, 2.24) is 19.7 Å². The minimum absolute atomic E-state index is 0.354. The van der Waals surface area contributed by atoms with E-state index in [1.54, 1.807) is 14.2 Å². The van der Waals surface area contributed by atoms with Crippen LogP contribution in [0.3, 0.4) is 0 Å². The first-order valence-electron chi connectivity index (χ1n) is 11.1. The van der Waals surface area contributed by atoms with Crippen LogP contribution in [0.15, 0.2) is 54.9 Å². The average Bonchev–Trinajstić information content (AvgIpc) is 3.14. The molecular formula is C26H29N5O2. The smallest absolute Gasteiger partial charge is 0.142 e. The molecule has 1 fully saturated rings. The zero-order valence-electron chi connectivity index (χ0n) is 19.5. The van der Waals surface area contributed by atoms with Crippen LogP contribution < -0.4 is 10.1 Å². The number of aryl methyl sites for hydroxylation is 1. The van der Waals surface area contributed by atoms with Crippen LogP contribution in [0, 0.1) is 6.92 Å². The van der Waals surface area contributed by atoms with Crippen LogP contribution in [0.2, 0.25) is 0 Å². The lowest BCUT2D eigenvalue weighted by Gasteiger charge is -2.38. The average molecular weight is 444 g/mol. The zero-order valence-corrected chi connectivity index (χ0v) is 19.5. The van der Waals surface area contributed by atoms with Crippen molar-refractivity contribution in [3.63, 3.8) is 0 Å². The molecule has 3 heterocycles. The molecule has 0 amide bonds. The quantitative estimate of drug-likeness (QED) is 0.453. The van der Waals surface area contributed by atoms with Gasteiger partial charge >= 0.3 is 0 Å². The highest BCUT2D eigenvalue weighted by Gasteiger charge is 2.26. The Bertz CT molecular complexity index is 1290. The van der Waals surface area contributed by atoms with Gasteiger partial charge in [0.2, 0.25) is 0 Å². The fourth-order valence-corrected chi connectivity index (χ4v) is 4.37. The number of benzene rings is 2. The summed E-state index contributed by atoms with van der Waals surface area (Å²) in [5, 5.41) is 10.1. The predicted octanol–water partition coefficient (Wildman–Crippen LogP) is 4.53. The highest BCUT2D eigenvalue weighted by Crippen LogP contribution is 2.34. The van der Waals surface area contributed by atoms with Crippen molar-refractivity contribution in [2.75, 3.05) is 32.6 Å². The summed E-state index contributed by atoms with van der Waals surface area (Å²) in [6.07, 6.45) is 4.18. The molecule has 1 aliphatic heterocycles. The summed E-state index contributed by atoms with van der Waals surface area (Å²) in [7, 11) is 5.44. The molecule has 0 spiro atoms. The van der Waals surface area contributed by atoms with Gasteiger partial charge < -0.3 is 14.8 Å². The van der Waals surface area contributed by atoms with Crippen LogP contribution in [0.1, 0.15) is 11.3 Å². The molecule has 0 atom stereocenters. The number of rotatable bonds is 7. The van der Waals surface area contributed by atoms with Crippen molar-refractivity contribution in [2.45, 2.75) is 19.6 Å². The molecule has 1 aliphatic rings. The first-order chi connectivity index (χ1) is 16.1. The summed E-state index contributed by atoms with van der Waals surface area (Å²) in [6, 6.07) is 14.7. The summed E-state index contributed by atoms with van der Waals surface area (Å²) in [5.41, 5.74) is 5.51. The molecule has 1 saturated heterocycles. The number of likely N-dealkylation sites (tertiary alicyclic amines) is 1. The lowest BCUT2D eigenvalue weighted by atomic mass is 10.00. The summed E-state index contributed by atoms with van der Waals surface area (Å²) >= 11 is 0. The molecule has 0 unspecified atom stereocenters. The standard InChI is InChI=1S/C26H29N5O2/c1-17-23(13-28-30(17)2)21-7-5-6-19-12-27-26(11-22(19)21)29-24-9-8-18(10-25(24)33-4)14-31-15-20(16-31)32-3/h5-13,20H,14-16H2,1-4H3,(H,27,29). The zero-order chi connectivity index (χ0) is 22.9. The summed E-state index contributed by atoms with van der Waals surface area (Å²) in [6.45, 7) is 4.92. The fourth-order valence-electron chi connectivity index (χ4n) is 4.37. The van der Waals surface area contributed by atoms with Gasteiger partial charge in [-0.1, -0.05) is 24.3 Å². The Morgan fingerprint density at radius 3 is 2.64 bits per heavy atom. The van der Waals surface area contributed by atoms with E-state index >= 15 is 0 Å². The largest absolute Gasteiger partial charge is 0.495 e. The number of hydrogen-bond acceptors (Lipinski definition) is 6. The summed E-state index contributed by atoms with van der Waals surface area (Å²) < 4.78 is 13.0. The Morgan fingerprint density at radius 2 is 1.91 bits per heavy atom. The van der Waals surface area contributed by atoms with E-state index in [1.165, 1.54) is 5.56 Å². The molecule has 0 saturated carbocycles. The van der Waals surface area contributed by atoms with Crippen LogP contribution in [0.5, 0.6) is 5.75 Å². The topological polar surface area (TPSA) is 64.4 Å². The summed E-state index contributed by atoms with van der Waals surface area (Å²) in [4.78, 5) is 7.01. The van der Waals surface area contributed by atoms with Crippen LogP contribution in [0.4, 0.5) is 11.5 Å². The van der Waals surface area contributed by atoms with Gasteiger partial charge in [0.1, 0.15) is 11.6 Å². The Kier molecular flexibility index (Phi) is 5.74. The van der Waals surface area contributed by atoms with Gasteiger partial charge in [0.05, 0.1) is 25.1 Å². The van der Waals surface area contributed by atoms with E-state index in [0.717, 1.165) is 64.5 Å². The molecule has 2 aromatic carbocycles. The van der Waals surface area contributed by atoms with Gasteiger partial charge in [-0.2, -0.15) is 5.10 Å². The molecular weight excluding hydrogens is 414 g/mol. The Balaban J connectivity index is 1.42. The molecule has 33 heavy (non-hydrogen) atoms. The Morgan fingerprint density at radius 1 is 1.06 bits per heavy atom. The van der Waals surface area contributed by atoms with Crippen molar-refractivity contribution < 1.29 is 9.47 Å². The van der Waals surface area contributed by atoms with Crippen molar-refractivity contribution >= 4 is 22.3 Å². The maximum absolute atomic E-state index is 5.69. The molecule has 7 nitrogen and oxygen atoms in total. The van der Waals surface area contributed by atoms with E-state index in [9.17, 15) is 0 Å². The van der Waals surface area contributed by atoms with E-state index in [-0.39, 0.29) is 0 Å². The van der Waals surface area contributed by atoms with Gasteiger partial charge in [-0.25, -0.2) is 4.98 Å². The van der Waals surface area contributed by atoms with Crippen LogP contribution in [-0.4, -0.2) is 53.1 Å². The van der Waals surface area contributed by atoms with Gasteiger partial charge in [0.15, 0.2) is 0 Å². The maximum Gasteiger partial charge on any atom is 0.142 e. The first kappa shape index (κ1) is 21.4. The lowest BCUT2D eigenvalue weighted by molar-refractivity contribution is -0.0334. The second-order valence-electron chi connectivity index (χ2n) is 8.57. The number of fused-ring (bicyclic) bond motifs is 1. The van der Waals surface area contributed by atoms with E-state index in [4.69, 9.17) is 9.47 Å². The van der Waals surface area contributed by atoms with Crippen molar-refractivity contribution in [2.24, 2.45) is 7.05 Å². The van der Waals surface area contributed by atoms with Gasteiger partial charge in [-0.3, -0.25) is 9.58 Å². The highest BCUT2D eigenvalue weighted by atomic mass is 16.5. The third-order valence-electron chi connectivity index (χ3n) is 6.48. The second-order valence-corrected chi connectivity index (χ2v) is 8.57. The molecule has 5 rings (SSSR count). The third kappa shape index (κ3) is 4.17. The molecule has 4 aromatic rings. The Hall–Kier alpha value is -3.42. The van der Waals surface area contributed by atoms with Crippen molar-refractivity contribution in [1.29, 1.82) is 0 Å². The monoisotopic (exact) mass is 443 g/mol. The van der Waals surface area contributed by atoms with Crippen molar-refractivity contribution in [3.05, 3.63) is 66.1 Å². The van der Waals surface area contributed by atoms with Gasteiger partial charge in [0.25, 0.3) is 0 Å². The number of nitrogens with zero attached hydrogens (tertiary/aromatic N) is 4. The minimum atomic E-state index is 0.354. The third-order valence-corrected chi connectivity index (χ3v) is 6.48. The lowest BCUT2D eigenvalue weighted by Crippen LogP contribution is -2.50. The van der Waals surface area contributed by atoms with Crippen LogP contribution in [0.25, 0.3) is 21.9 Å². The number of anilines is 2. The molecule has 2 aromatic heterocycles. The van der Waals surface area contributed by atoms with E-state index in [2.05, 4.69) is 69.7 Å². The fraction of sp³-hybridized carbons (Fsp3) is 0.308. The molecule has 0 bridgehead atoms. The molecule has 7 heteroatoms. The molecule has 0 radical (unpaired) electrons. The van der Waals surface area contributed by atoms with E-state index in [0.29, 0.717) is 6.10 Å². The first-order valence-corrected chi connectivity index (χ1v) is 11.1. The van der Waals surface area contributed by atoms with Crippen LogP contribution in [-0.2, 0) is 18.3 Å². The van der Waals surface area contributed by atoms with Crippen molar-refractivity contribution in [3.8, 4) is 16.9 Å². The Labute approximate surface area is 194 Å². The van der Waals surface area contributed by atoms with Crippen LogP contribution >= 0.6 is 0 Å². The van der Waals surface area contributed by atoms with Gasteiger partial charge in [-0.15, -0.1) is 0 Å². The SMILES string of the molecule is COc1cc(CN2CC(OC)C2)ccc1Nc1cc2c(-c3cnn(C)c3C)cccc2cn1. The number of ether oxygens (including phenoxy) is 2. The highest BCUT2D eigenvalue weighted by molar-refractivity contribution is 5.98. The second kappa shape index (κ2) is 8.84. The number of pyridine rings is 1. The number of hydrogen-bond donors (Lipinski definition) is 1. The maximum atomic E-state index is 5.69. The number of aromatic nitrogens is 3. The molecule has 170 valence electrons. The van der Waals surface area contributed by atoms with E-state index in [1.807, 2.05) is 24.1 Å². The number of nitrogens with one attached hydrogen (secondary N) is 1. The van der Waals surface area contributed by atoms with E-state index < -0.39 is 0 Å². The molecule has 1 N–H and O–H groups in total. The predicted molar refractivity (Wildman–Crippen MR) is 131 cm³/mol. The number of methoxy groups -OCH3 is 2. The van der Waals surface area contributed by atoms with Gasteiger partial charge in [-0.05, 0) is 41.6 Å². The normalized spacial score (nSPS) is 14.4. The minimum Gasteiger partial charge on any atom is -0.495 e.